The monoisotopic (exact) mass is 277 g/mol. The van der Waals surface area contributed by atoms with E-state index in [0.29, 0.717) is 12.6 Å². The van der Waals surface area contributed by atoms with Crippen LogP contribution >= 0.6 is 0 Å². The van der Waals surface area contributed by atoms with Gasteiger partial charge in [0.1, 0.15) is 0 Å². The zero-order valence-electron chi connectivity index (χ0n) is 12.9. The van der Waals surface area contributed by atoms with Gasteiger partial charge in [-0.15, -0.1) is 0 Å². The third-order valence-electron chi connectivity index (χ3n) is 4.19. The molecule has 112 valence electrons. The number of hydrogen-bond donors (Lipinski definition) is 1. The van der Waals surface area contributed by atoms with E-state index in [4.69, 9.17) is 9.47 Å². The Kier molecular flexibility index (Phi) is 5.58. The number of benzene rings is 1. The van der Waals surface area contributed by atoms with Crippen molar-refractivity contribution in [3.63, 3.8) is 0 Å². The highest BCUT2D eigenvalue weighted by molar-refractivity contribution is 5.13. The molecule has 1 aromatic rings. The van der Waals surface area contributed by atoms with Crippen LogP contribution in [0.4, 0.5) is 0 Å². The zero-order chi connectivity index (χ0) is 14.4. The van der Waals surface area contributed by atoms with E-state index in [1.165, 1.54) is 5.56 Å². The minimum Gasteiger partial charge on any atom is -0.378 e. The van der Waals surface area contributed by atoms with E-state index < -0.39 is 0 Å². The van der Waals surface area contributed by atoms with E-state index in [-0.39, 0.29) is 11.5 Å². The Bertz CT molecular complexity index is 393. The van der Waals surface area contributed by atoms with Crippen LogP contribution < -0.4 is 5.32 Å². The summed E-state index contributed by atoms with van der Waals surface area (Å²) in [4.78, 5) is 0. The van der Waals surface area contributed by atoms with Gasteiger partial charge in [-0.05, 0) is 18.9 Å². The Morgan fingerprint density at radius 2 is 2.10 bits per heavy atom. The fourth-order valence-corrected chi connectivity index (χ4v) is 2.65. The molecule has 2 rings (SSSR count). The SMILES string of the molecule is CC(C)NCC1(COCc2ccccc2)CCOC1C. The molecule has 3 heteroatoms. The van der Waals surface area contributed by atoms with E-state index in [9.17, 15) is 0 Å². The lowest BCUT2D eigenvalue weighted by molar-refractivity contribution is -0.0129. The lowest BCUT2D eigenvalue weighted by Crippen LogP contribution is -2.45. The fourth-order valence-electron chi connectivity index (χ4n) is 2.65. The normalized spacial score (nSPS) is 26.3. The van der Waals surface area contributed by atoms with E-state index in [1.807, 2.05) is 6.07 Å². The molecule has 0 amide bonds. The molecule has 0 spiro atoms. The maximum absolute atomic E-state index is 5.99. The molecule has 0 aliphatic carbocycles. The van der Waals surface area contributed by atoms with Gasteiger partial charge in [0.25, 0.3) is 0 Å². The summed E-state index contributed by atoms with van der Waals surface area (Å²) in [5.41, 5.74) is 1.34. The Labute approximate surface area is 122 Å². The first kappa shape index (κ1) is 15.5. The molecule has 0 radical (unpaired) electrons. The highest BCUT2D eigenvalue weighted by Crippen LogP contribution is 2.35. The first-order valence-electron chi connectivity index (χ1n) is 7.59. The predicted molar refractivity (Wildman–Crippen MR) is 81.7 cm³/mol. The molecule has 1 aliphatic heterocycles. The number of hydrogen-bond acceptors (Lipinski definition) is 3. The third-order valence-corrected chi connectivity index (χ3v) is 4.19. The highest BCUT2D eigenvalue weighted by atomic mass is 16.5. The molecule has 20 heavy (non-hydrogen) atoms. The summed E-state index contributed by atoms with van der Waals surface area (Å²) in [5, 5.41) is 3.55. The van der Waals surface area contributed by atoms with Crippen molar-refractivity contribution in [2.24, 2.45) is 5.41 Å². The third kappa shape index (κ3) is 4.05. The van der Waals surface area contributed by atoms with Crippen LogP contribution in [0.3, 0.4) is 0 Å². The smallest absolute Gasteiger partial charge is 0.0717 e. The fraction of sp³-hybridized carbons (Fsp3) is 0.647. The minimum atomic E-state index is 0.110. The molecule has 1 heterocycles. The number of nitrogens with one attached hydrogen (secondary N) is 1. The van der Waals surface area contributed by atoms with Gasteiger partial charge in [-0.25, -0.2) is 0 Å². The van der Waals surface area contributed by atoms with Crippen molar-refractivity contribution in [2.75, 3.05) is 19.8 Å². The first-order valence-corrected chi connectivity index (χ1v) is 7.59. The van der Waals surface area contributed by atoms with Gasteiger partial charge in [-0.2, -0.15) is 0 Å². The molecule has 1 saturated heterocycles. The predicted octanol–water partition coefficient (Wildman–Crippen LogP) is 3.00. The number of rotatable bonds is 7. The summed E-state index contributed by atoms with van der Waals surface area (Å²) in [6.45, 7) is 9.76. The van der Waals surface area contributed by atoms with Gasteiger partial charge >= 0.3 is 0 Å². The maximum Gasteiger partial charge on any atom is 0.0717 e. The quantitative estimate of drug-likeness (QED) is 0.831. The highest BCUT2D eigenvalue weighted by Gasteiger charge is 2.41. The van der Waals surface area contributed by atoms with Crippen molar-refractivity contribution in [2.45, 2.75) is 45.9 Å². The Morgan fingerprint density at radius 1 is 1.35 bits per heavy atom. The van der Waals surface area contributed by atoms with E-state index in [1.54, 1.807) is 0 Å². The van der Waals surface area contributed by atoms with Crippen LogP contribution in [0.1, 0.15) is 32.8 Å². The molecule has 1 aliphatic rings. The Morgan fingerprint density at radius 3 is 2.70 bits per heavy atom. The summed E-state index contributed by atoms with van der Waals surface area (Å²) >= 11 is 0. The summed E-state index contributed by atoms with van der Waals surface area (Å²) < 4.78 is 11.8. The van der Waals surface area contributed by atoms with Gasteiger partial charge in [-0.3, -0.25) is 0 Å². The van der Waals surface area contributed by atoms with Crippen molar-refractivity contribution < 1.29 is 9.47 Å². The molecule has 1 N–H and O–H groups in total. The second-order valence-electron chi connectivity index (χ2n) is 6.14. The summed E-state index contributed by atoms with van der Waals surface area (Å²) in [6.07, 6.45) is 1.33. The van der Waals surface area contributed by atoms with Crippen LogP contribution in [0.25, 0.3) is 0 Å². The lowest BCUT2D eigenvalue weighted by Gasteiger charge is -2.33. The summed E-state index contributed by atoms with van der Waals surface area (Å²) in [6, 6.07) is 10.8. The van der Waals surface area contributed by atoms with Crippen molar-refractivity contribution in [3.8, 4) is 0 Å². The van der Waals surface area contributed by atoms with E-state index in [0.717, 1.165) is 26.2 Å². The molecule has 1 aromatic carbocycles. The van der Waals surface area contributed by atoms with E-state index in [2.05, 4.69) is 50.4 Å². The van der Waals surface area contributed by atoms with Crippen LogP contribution in [0.2, 0.25) is 0 Å². The molecule has 3 nitrogen and oxygen atoms in total. The Balaban J connectivity index is 1.88. The van der Waals surface area contributed by atoms with E-state index >= 15 is 0 Å². The van der Waals surface area contributed by atoms with Gasteiger partial charge in [0.15, 0.2) is 0 Å². The second-order valence-corrected chi connectivity index (χ2v) is 6.14. The molecule has 0 bridgehead atoms. The lowest BCUT2D eigenvalue weighted by atomic mass is 9.82. The van der Waals surface area contributed by atoms with Crippen molar-refractivity contribution in [1.29, 1.82) is 0 Å². The van der Waals surface area contributed by atoms with Crippen LogP contribution in [0.5, 0.6) is 0 Å². The van der Waals surface area contributed by atoms with Gasteiger partial charge in [0.05, 0.1) is 19.3 Å². The molecule has 2 atom stereocenters. The minimum absolute atomic E-state index is 0.110. The molecule has 0 aromatic heterocycles. The first-order chi connectivity index (χ1) is 9.62. The van der Waals surface area contributed by atoms with Gasteiger partial charge in [-0.1, -0.05) is 44.2 Å². The van der Waals surface area contributed by atoms with Crippen molar-refractivity contribution in [1.82, 2.24) is 5.32 Å². The zero-order valence-corrected chi connectivity index (χ0v) is 12.9. The molecular formula is C17H27NO2. The largest absolute Gasteiger partial charge is 0.378 e. The van der Waals surface area contributed by atoms with Crippen LogP contribution in [0, 0.1) is 5.41 Å². The average Bonchev–Trinajstić information content (AvgIpc) is 2.80. The Hall–Kier alpha value is -0.900. The second kappa shape index (κ2) is 7.21. The molecular weight excluding hydrogens is 250 g/mol. The van der Waals surface area contributed by atoms with Crippen molar-refractivity contribution in [3.05, 3.63) is 35.9 Å². The summed E-state index contributed by atoms with van der Waals surface area (Å²) in [7, 11) is 0. The van der Waals surface area contributed by atoms with Gasteiger partial charge in [0.2, 0.25) is 0 Å². The van der Waals surface area contributed by atoms with Gasteiger partial charge < -0.3 is 14.8 Å². The topological polar surface area (TPSA) is 30.5 Å². The van der Waals surface area contributed by atoms with Gasteiger partial charge in [0, 0.05) is 24.6 Å². The number of ether oxygens (including phenoxy) is 2. The van der Waals surface area contributed by atoms with Crippen LogP contribution in [-0.2, 0) is 16.1 Å². The standard InChI is InChI=1S/C17H27NO2/c1-14(2)18-12-17(9-10-20-15(17)3)13-19-11-16-7-5-4-6-8-16/h4-8,14-15,18H,9-13H2,1-3H3. The van der Waals surface area contributed by atoms with Crippen molar-refractivity contribution >= 4 is 0 Å². The average molecular weight is 277 g/mol. The summed E-state index contributed by atoms with van der Waals surface area (Å²) in [5.74, 6) is 0. The van der Waals surface area contributed by atoms with Crippen LogP contribution in [-0.4, -0.2) is 31.9 Å². The maximum atomic E-state index is 5.99. The molecule has 1 fully saturated rings. The van der Waals surface area contributed by atoms with Crippen LogP contribution in [0.15, 0.2) is 30.3 Å². The molecule has 2 unspecified atom stereocenters. The molecule has 0 saturated carbocycles.